The van der Waals surface area contributed by atoms with Gasteiger partial charge in [0.25, 0.3) is 5.56 Å². The van der Waals surface area contributed by atoms with Crippen molar-refractivity contribution in [1.29, 1.82) is 0 Å². The van der Waals surface area contributed by atoms with Gasteiger partial charge in [-0.3, -0.25) is 9.36 Å². The molecule has 0 amide bonds. The van der Waals surface area contributed by atoms with Crippen molar-refractivity contribution in [2.75, 3.05) is 18.0 Å². The molecule has 1 aromatic heterocycles. The highest BCUT2D eigenvalue weighted by molar-refractivity contribution is 7.07. The zero-order chi connectivity index (χ0) is 25.4. The van der Waals surface area contributed by atoms with E-state index in [2.05, 4.69) is 22.0 Å². The fraction of sp³-hybridized carbons (Fsp3) is 0.321. The Labute approximate surface area is 218 Å². The minimum absolute atomic E-state index is 0.213. The van der Waals surface area contributed by atoms with Crippen LogP contribution in [-0.4, -0.2) is 29.7 Å². The molecule has 0 bridgehead atoms. The summed E-state index contributed by atoms with van der Waals surface area (Å²) in [6.45, 7) is 7.53. The molecule has 2 aromatic carbocycles. The van der Waals surface area contributed by atoms with Gasteiger partial charge in [-0.1, -0.05) is 53.3 Å². The quantitative estimate of drug-likeness (QED) is 0.466. The third-order valence-corrected chi connectivity index (χ3v) is 7.77. The van der Waals surface area contributed by atoms with Gasteiger partial charge in [0.2, 0.25) is 0 Å². The summed E-state index contributed by atoms with van der Waals surface area (Å²) in [5.74, 6) is -0.497. The number of allylic oxidation sites excluding steroid dienone is 1. The fourth-order valence-electron chi connectivity index (χ4n) is 4.76. The molecular formula is C28H28ClN3O3S. The third-order valence-electron chi connectivity index (χ3n) is 6.45. The van der Waals surface area contributed by atoms with E-state index in [1.165, 1.54) is 29.9 Å². The number of anilines is 1. The molecule has 1 unspecified atom stereocenters. The molecule has 1 atom stereocenters. The maximum Gasteiger partial charge on any atom is 0.338 e. The topological polar surface area (TPSA) is 63.9 Å². The molecule has 6 nitrogen and oxygen atoms in total. The first-order valence-corrected chi connectivity index (χ1v) is 13.4. The Kier molecular flexibility index (Phi) is 6.86. The Morgan fingerprint density at radius 1 is 1.14 bits per heavy atom. The Bertz CT molecular complexity index is 1510. The Morgan fingerprint density at radius 2 is 1.83 bits per heavy atom. The molecule has 2 aliphatic heterocycles. The second-order valence-electron chi connectivity index (χ2n) is 9.34. The van der Waals surface area contributed by atoms with Crippen LogP contribution in [0.5, 0.6) is 0 Å². The van der Waals surface area contributed by atoms with Crippen molar-refractivity contribution >= 4 is 40.7 Å². The predicted molar refractivity (Wildman–Crippen MR) is 144 cm³/mol. The first-order valence-electron chi connectivity index (χ1n) is 12.2. The second-order valence-corrected chi connectivity index (χ2v) is 10.8. The number of rotatable bonds is 5. The van der Waals surface area contributed by atoms with Crippen LogP contribution in [0.1, 0.15) is 50.8 Å². The molecule has 3 heterocycles. The SMILES string of the molecule is CC1=C(C(=O)OC(C)C)C(c2ccccc2Cl)n2c(sc(=Cc3ccc(N4CCCC4)cc3)c2=O)=N1. The van der Waals surface area contributed by atoms with Crippen molar-refractivity contribution in [1.82, 2.24) is 4.57 Å². The van der Waals surface area contributed by atoms with Gasteiger partial charge in [-0.25, -0.2) is 9.79 Å². The first kappa shape index (κ1) is 24.5. The molecular weight excluding hydrogens is 494 g/mol. The van der Waals surface area contributed by atoms with Crippen LogP contribution in [0.2, 0.25) is 5.02 Å². The van der Waals surface area contributed by atoms with Gasteiger partial charge in [0.05, 0.1) is 21.9 Å². The van der Waals surface area contributed by atoms with Crippen LogP contribution >= 0.6 is 22.9 Å². The molecule has 3 aromatic rings. The summed E-state index contributed by atoms with van der Waals surface area (Å²) >= 11 is 7.89. The summed E-state index contributed by atoms with van der Waals surface area (Å²) in [5, 5.41) is 0.471. The van der Waals surface area contributed by atoms with Gasteiger partial charge in [0.1, 0.15) is 6.04 Å². The lowest BCUT2D eigenvalue weighted by Crippen LogP contribution is -2.40. The summed E-state index contributed by atoms with van der Waals surface area (Å²) in [5.41, 5.74) is 3.43. The summed E-state index contributed by atoms with van der Waals surface area (Å²) in [4.78, 5) is 34.5. The molecule has 0 spiro atoms. The minimum Gasteiger partial charge on any atom is -0.459 e. The third kappa shape index (κ3) is 4.65. The summed E-state index contributed by atoms with van der Waals surface area (Å²) in [6, 6.07) is 14.8. The number of aromatic nitrogens is 1. The maximum atomic E-state index is 13.7. The van der Waals surface area contributed by atoms with Crippen molar-refractivity contribution < 1.29 is 9.53 Å². The highest BCUT2D eigenvalue weighted by Gasteiger charge is 2.34. The zero-order valence-corrected chi connectivity index (χ0v) is 22.1. The van der Waals surface area contributed by atoms with Crippen molar-refractivity contribution in [3.63, 3.8) is 0 Å². The molecule has 1 fully saturated rings. The molecule has 0 radical (unpaired) electrons. The van der Waals surface area contributed by atoms with Gasteiger partial charge in [0, 0.05) is 23.8 Å². The van der Waals surface area contributed by atoms with Gasteiger partial charge in [0.15, 0.2) is 4.80 Å². The maximum absolute atomic E-state index is 13.7. The van der Waals surface area contributed by atoms with Crippen LogP contribution in [-0.2, 0) is 9.53 Å². The van der Waals surface area contributed by atoms with E-state index in [9.17, 15) is 9.59 Å². The number of esters is 1. The summed E-state index contributed by atoms with van der Waals surface area (Å²) in [6.07, 6.45) is 4.02. The van der Waals surface area contributed by atoms with Crippen LogP contribution in [0.3, 0.4) is 0 Å². The number of ether oxygens (including phenoxy) is 1. The molecule has 36 heavy (non-hydrogen) atoms. The lowest BCUT2D eigenvalue weighted by atomic mass is 9.96. The number of nitrogens with zero attached hydrogens (tertiary/aromatic N) is 3. The highest BCUT2D eigenvalue weighted by Crippen LogP contribution is 2.34. The lowest BCUT2D eigenvalue weighted by Gasteiger charge is -2.26. The number of fused-ring (bicyclic) bond motifs is 1. The summed E-state index contributed by atoms with van der Waals surface area (Å²) < 4.78 is 7.66. The first-order chi connectivity index (χ1) is 17.3. The molecule has 0 saturated carbocycles. The molecule has 5 rings (SSSR count). The number of carbonyl (C=O) groups excluding carboxylic acids is 1. The van der Waals surface area contributed by atoms with Crippen molar-refractivity contribution in [2.24, 2.45) is 4.99 Å². The van der Waals surface area contributed by atoms with Crippen LogP contribution in [0, 0.1) is 0 Å². The van der Waals surface area contributed by atoms with Gasteiger partial charge in [-0.15, -0.1) is 0 Å². The van der Waals surface area contributed by atoms with Crippen LogP contribution in [0.25, 0.3) is 6.08 Å². The smallest absolute Gasteiger partial charge is 0.338 e. The molecule has 8 heteroatoms. The normalized spacial score (nSPS) is 18.0. The molecule has 2 aliphatic rings. The Morgan fingerprint density at radius 3 is 2.50 bits per heavy atom. The highest BCUT2D eigenvalue weighted by atomic mass is 35.5. The molecule has 0 N–H and O–H groups in total. The average molecular weight is 522 g/mol. The number of benzene rings is 2. The van der Waals surface area contributed by atoms with E-state index in [0.29, 0.717) is 31.2 Å². The van der Waals surface area contributed by atoms with E-state index < -0.39 is 12.0 Å². The van der Waals surface area contributed by atoms with Gasteiger partial charge >= 0.3 is 5.97 Å². The second kappa shape index (κ2) is 10.1. The number of carbonyl (C=O) groups is 1. The standard InChI is InChI=1S/C28H28ClN3O3S/c1-17(2)35-27(34)24-18(3)30-28-32(25(24)21-8-4-5-9-22(21)29)26(33)23(36-28)16-19-10-12-20(13-11-19)31-14-6-7-15-31/h4-5,8-13,16-17,25H,6-7,14-15H2,1-3H3. The lowest BCUT2D eigenvalue weighted by molar-refractivity contribution is -0.143. The monoisotopic (exact) mass is 521 g/mol. The van der Waals surface area contributed by atoms with Gasteiger partial charge in [-0.05, 0) is 69.0 Å². The number of hydrogen-bond acceptors (Lipinski definition) is 6. The molecule has 0 aliphatic carbocycles. The van der Waals surface area contributed by atoms with Crippen molar-refractivity contribution in [3.8, 4) is 0 Å². The largest absolute Gasteiger partial charge is 0.459 e. The van der Waals surface area contributed by atoms with Crippen molar-refractivity contribution in [3.05, 3.63) is 95.6 Å². The average Bonchev–Trinajstić information content (AvgIpc) is 3.47. The van der Waals surface area contributed by atoms with Crippen LogP contribution < -0.4 is 19.8 Å². The predicted octanol–water partition coefficient (Wildman–Crippen LogP) is 4.44. The van der Waals surface area contributed by atoms with Crippen molar-refractivity contribution in [2.45, 2.75) is 45.8 Å². The van der Waals surface area contributed by atoms with E-state index in [0.717, 1.165) is 18.7 Å². The minimum atomic E-state index is -0.721. The fourth-order valence-corrected chi connectivity index (χ4v) is 6.05. The molecule has 1 saturated heterocycles. The number of halogens is 1. The van der Waals surface area contributed by atoms with E-state index in [-0.39, 0.29) is 11.7 Å². The zero-order valence-electron chi connectivity index (χ0n) is 20.5. The van der Waals surface area contributed by atoms with E-state index in [4.69, 9.17) is 16.3 Å². The summed E-state index contributed by atoms with van der Waals surface area (Å²) in [7, 11) is 0. The van der Waals surface area contributed by atoms with E-state index in [1.807, 2.05) is 36.4 Å². The van der Waals surface area contributed by atoms with E-state index >= 15 is 0 Å². The number of thiazole rings is 1. The molecule has 186 valence electrons. The van der Waals surface area contributed by atoms with Gasteiger partial charge < -0.3 is 9.64 Å². The Hall–Kier alpha value is -3.16. The van der Waals surface area contributed by atoms with Crippen LogP contribution in [0.15, 0.2) is 69.6 Å². The Balaban J connectivity index is 1.62. The van der Waals surface area contributed by atoms with Gasteiger partial charge in [-0.2, -0.15) is 0 Å². The number of hydrogen-bond donors (Lipinski definition) is 0. The van der Waals surface area contributed by atoms with Crippen LogP contribution in [0.4, 0.5) is 5.69 Å². The van der Waals surface area contributed by atoms with E-state index in [1.54, 1.807) is 31.4 Å².